The summed E-state index contributed by atoms with van der Waals surface area (Å²) >= 11 is 3.43. The quantitative estimate of drug-likeness (QED) is 0.418. The molecule has 0 aliphatic carbocycles. The molecule has 2 aromatic rings. The molecule has 4 nitrogen and oxygen atoms in total. The number of guanidine groups is 1. The molecule has 0 bridgehead atoms. The number of pyridine rings is 1. The minimum absolute atomic E-state index is 0. The lowest BCUT2D eigenvalue weighted by molar-refractivity contribution is 0.794. The second-order valence-electron chi connectivity index (χ2n) is 4.23. The number of benzene rings is 1. The monoisotopic (exact) mass is 460 g/mol. The summed E-state index contributed by atoms with van der Waals surface area (Å²) in [5.41, 5.74) is 2.19. The molecule has 6 heteroatoms. The zero-order valence-electron chi connectivity index (χ0n) is 11.7. The molecule has 0 spiro atoms. The number of aromatic nitrogens is 1. The molecule has 0 aliphatic rings. The Morgan fingerprint density at radius 3 is 2.43 bits per heavy atom. The van der Waals surface area contributed by atoms with Gasteiger partial charge in [-0.05, 0) is 29.8 Å². The number of hydrogen-bond donors (Lipinski definition) is 2. The Hall–Kier alpha value is -1.15. The van der Waals surface area contributed by atoms with Gasteiger partial charge in [0.2, 0.25) is 0 Å². The molecule has 0 amide bonds. The highest BCUT2D eigenvalue weighted by Crippen LogP contribution is 2.10. The number of nitrogens with zero attached hydrogens (tertiary/aromatic N) is 2. The lowest BCUT2D eigenvalue weighted by Gasteiger charge is -2.11. The second-order valence-corrected chi connectivity index (χ2v) is 5.14. The van der Waals surface area contributed by atoms with Crippen molar-refractivity contribution in [2.45, 2.75) is 13.1 Å². The van der Waals surface area contributed by atoms with Gasteiger partial charge in [0.1, 0.15) is 0 Å². The largest absolute Gasteiger partial charge is 0.352 e. The van der Waals surface area contributed by atoms with E-state index in [-0.39, 0.29) is 24.0 Å². The van der Waals surface area contributed by atoms with E-state index in [1.54, 1.807) is 13.2 Å². The fraction of sp³-hybridized carbons (Fsp3) is 0.200. The molecular weight excluding hydrogens is 443 g/mol. The number of aliphatic imine (C=N–C) groups is 1. The maximum atomic E-state index is 4.26. The molecule has 1 heterocycles. The summed E-state index contributed by atoms with van der Waals surface area (Å²) in [6.07, 6.45) is 1.79. The standard InChI is InChI=1S/C15H17BrN4.HI/c1-17-15(20-11-14-4-2-3-9-18-14)19-10-12-5-7-13(16)8-6-12;/h2-9H,10-11H2,1H3,(H2,17,19,20);1H. The Balaban J connectivity index is 0.00000220. The van der Waals surface area contributed by atoms with Crippen LogP contribution >= 0.6 is 39.9 Å². The highest BCUT2D eigenvalue weighted by Gasteiger charge is 1.99. The van der Waals surface area contributed by atoms with Crippen molar-refractivity contribution in [2.24, 2.45) is 4.99 Å². The van der Waals surface area contributed by atoms with E-state index in [0.717, 1.165) is 22.7 Å². The Kier molecular flexibility index (Phi) is 8.29. The van der Waals surface area contributed by atoms with E-state index in [1.165, 1.54) is 5.56 Å². The van der Waals surface area contributed by atoms with Crippen molar-refractivity contribution in [1.29, 1.82) is 0 Å². The molecule has 112 valence electrons. The summed E-state index contributed by atoms with van der Waals surface area (Å²) in [5.74, 6) is 0.763. The van der Waals surface area contributed by atoms with Crippen molar-refractivity contribution in [1.82, 2.24) is 15.6 Å². The summed E-state index contributed by atoms with van der Waals surface area (Å²) in [6.45, 7) is 1.38. The third-order valence-corrected chi connectivity index (χ3v) is 3.29. The van der Waals surface area contributed by atoms with E-state index < -0.39 is 0 Å². The van der Waals surface area contributed by atoms with Gasteiger partial charge in [-0.1, -0.05) is 34.1 Å². The summed E-state index contributed by atoms with van der Waals surface area (Å²) < 4.78 is 1.08. The van der Waals surface area contributed by atoms with Crippen molar-refractivity contribution in [3.63, 3.8) is 0 Å². The van der Waals surface area contributed by atoms with Gasteiger partial charge >= 0.3 is 0 Å². The van der Waals surface area contributed by atoms with Gasteiger partial charge in [0.15, 0.2) is 5.96 Å². The lowest BCUT2D eigenvalue weighted by Crippen LogP contribution is -2.36. The van der Waals surface area contributed by atoms with Crippen LogP contribution in [0.2, 0.25) is 0 Å². The minimum Gasteiger partial charge on any atom is -0.352 e. The fourth-order valence-corrected chi connectivity index (χ4v) is 1.95. The van der Waals surface area contributed by atoms with Crippen molar-refractivity contribution in [3.05, 3.63) is 64.4 Å². The van der Waals surface area contributed by atoms with Crippen LogP contribution in [0.3, 0.4) is 0 Å². The van der Waals surface area contributed by atoms with E-state index in [1.807, 2.05) is 30.3 Å². The van der Waals surface area contributed by atoms with Gasteiger partial charge in [-0.3, -0.25) is 9.98 Å². The number of halogens is 2. The normalized spacial score (nSPS) is 10.7. The average molecular weight is 461 g/mol. The number of rotatable bonds is 4. The first kappa shape index (κ1) is 17.9. The zero-order valence-corrected chi connectivity index (χ0v) is 15.6. The van der Waals surface area contributed by atoms with E-state index in [9.17, 15) is 0 Å². The Labute approximate surface area is 150 Å². The van der Waals surface area contributed by atoms with Crippen LogP contribution in [-0.2, 0) is 13.1 Å². The van der Waals surface area contributed by atoms with Gasteiger partial charge in [0, 0.05) is 24.3 Å². The van der Waals surface area contributed by atoms with Crippen molar-refractivity contribution >= 4 is 45.9 Å². The molecule has 2 N–H and O–H groups in total. The van der Waals surface area contributed by atoms with Crippen molar-refractivity contribution in [3.8, 4) is 0 Å². The summed E-state index contributed by atoms with van der Waals surface area (Å²) in [4.78, 5) is 8.46. The van der Waals surface area contributed by atoms with E-state index in [0.29, 0.717) is 6.54 Å². The smallest absolute Gasteiger partial charge is 0.191 e. The SMILES string of the molecule is CN=C(NCc1ccc(Br)cc1)NCc1ccccn1.I. The summed E-state index contributed by atoms with van der Waals surface area (Å²) in [7, 11) is 1.76. The Morgan fingerprint density at radius 2 is 1.81 bits per heavy atom. The highest BCUT2D eigenvalue weighted by molar-refractivity contribution is 14.0. The van der Waals surface area contributed by atoms with Crippen LogP contribution in [0.4, 0.5) is 0 Å². The predicted octanol–water partition coefficient (Wildman–Crippen LogP) is 3.33. The highest BCUT2D eigenvalue weighted by atomic mass is 127. The Morgan fingerprint density at radius 1 is 1.10 bits per heavy atom. The third kappa shape index (κ3) is 6.43. The molecule has 0 unspecified atom stereocenters. The molecule has 0 atom stereocenters. The zero-order chi connectivity index (χ0) is 14.2. The molecule has 0 radical (unpaired) electrons. The van der Waals surface area contributed by atoms with Crippen molar-refractivity contribution in [2.75, 3.05) is 7.05 Å². The summed E-state index contributed by atoms with van der Waals surface area (Å²) in [6, 6.07) is 14.1. The van der Waals surface area contributed by atoms with Crippen LogP contribution in [-0.4, -0.2) is 18.0 Å². The van der Waals surface area contributed by atoms with Crippen molar-refractivity contribution < 1.29 is 0 Å². The maximum Gasteiger partial charge on any atom is 0.191 e. The van der Waals surface area contributed by atoms with Gasteiger partial charge in [-0.2, -0.15) is 0 Å². The molecule has 2 rings (SSSR count). The second kappa shape index (κ2) is 9.73. The van der Waals surface area contributed by atoms with E-state index in [4.69, 9.17) is 0 Å². The van der Waals surface area contributed by atoms with Crippen LogP contribution < -0.4 is 10.6 Å². The van der Waals surface area contributed by atoms with Crippen LogP contribution in [0.25, 0.3) is 0 Å². The molecule has 21 heavy (non-hydrogen) atoms. The molecular formula is C15H18BrIN4. The fourth-order valence-electron chi connectivity index (χ4n) is 1.69. The van der Waals surface area contributed by atoms with Gasteiger partial charge in [0.25, 0.3) is 0 Å². The minimum atomic E-state index is 0. The van der Waals surface area contributed by atoms with Gasteiger partial charge in [-0.15, -0.1) is 24.0 Å². The topological polar surface area (TPSA) is 49.3 Å². The van der Waals surface area contributed by atoms with Gasteiger partial charge in [-0.25, -0.2) is 0 Å². The van der Waals surface area contributed by atoms with Crippen LogP contribution in [0.5, 0.6) is 0 Å². The molecule has 1 aromatic heterocycles. The molecule has 0 saturated carbocycles. The maximum absolute atomic E-state index is 4.26. The van der Waals surface area contributed by atoms with Crippen LogP contribution in [0.1, 0.15) is 11.3 Å². The average Bonchev–Trinajstić information content (AvgIpc) is 2.50. The third-order valence-electron chi connectivity index (χ3n) is 2.76. The summed E-state index contributed by atoms with van der Waals surface area (Å²) in [5, 5.41) is 6.51. The first-order valence-electron chi connectivity index (χ1n) is 6.37. The van der Waals surface area contributed by atoms with E-state index in [2.05, 4.69) is 48.7 Å². The lowest BCUT2D eigenvalue weighted by atomic mass is 10.2. The van der Waals surface area contributed by atoms with Gasteiger partial charge in [0.05, 0.1) is 12.2 Å². The van der Waals surface area contributed by atoms with Crippen LogP contribution in [0, 0.1) is 0 Å². The van der Waals surface area contributed by atoms with E-state index >= 15 is 0 Å². The molecule has 0 saturated heterocycles. The molecule has 0 fully saturated rings. The molecule has 0 aliphatic heterocycles. The molecule has 1 aromatic carbocycles. The number of hydrogen-bond acceptors (Lipinski definition) is 2. The van der Waals surface area contributed by atoms with Gasteiger partial charge < -0.3 is 10.6 Å². The van der Waals surface area contributed by atoms with Crippen LogP contribution in [0.15, 0.2) is 58.1 Å². The first-order valence-corrected chi connectivity index (χ1v) is 7.16. The first-order chi connectivity index (χ1) is 9.78. The number of nitrogens with one attached hydrogen (secondary N) is 2. The predicted molar refractivity (Wildman–Crippen MR) is 101 cm³/mol. The Bertz CT molecular complexity index is 558.